The van der Waals surface area contributed by atoms with Crippen LogP contribution in [-0.4, -0.2) is 21.4 Å². The quantitative estimate of drug-likeness (QED) is 0.513. The lowest BCUT2D eigenvalue weighted by molar-refractivity contribution is 0.482. The lowest BCUT2D eigenvalue weighted by atomic mass is 10.2. The zero-order valence-electron chi connectivity index (χ0n) is 11.9. The molecule has 4 N–H and O–H groups in total. The Labute approximate surface area is 149 Å². The van der Waals surface area contributed by atoms with Gasteiger partial charge in [0.25, 0.3) is 20.1 Å². The smallest absolute Gasteiger partial charge is 0.269 e. The van der Waals surface area contributed by atoms with Crippen LogP contribution in [0.2, 0.25) is 10.0 Å². The number of hydrogen-bond acceptors (Lipinski definition) is 5. The van der Waals surface area contributed by atoms with Gasteiger partial charge in [-0.3, -0.25) is 9.27 Å². The summed E-state index contributed by atoms with van der Waals surface area (Å²) in [5.41, 5.74) is 6.18. The summed E-state index contributed by atoms with van der Waals surface area (Å²) >= 11 is 11.7. The molecular formula is C13H12Cl2N2O5S2. The predicted octanol–water partition coefficient (Wildman–Crippen LogP) is 2.76. The molecule has 0 amide bonds. The molecule has 0 saturated heterocycles. The second kappa shape index (κ2) is 6.77. The largest absolute Gasteiger partial charge is 0.397 e. The number of hydrogen-bond donors (Lipinski definition) is 3. The van der Waals surface area contributed by atoms with Gasteiger partial charge in [0.2, 0.25) is 0 Å². The average molecular weight is 411 g/mol. The summed E-state index contributed by atoms with van der Waals surface area (Å²) in [7, 11) is -8.19. The summed E-state index contributed by atoms with van der Waals surface area (Å²) in [5, 5.41) is -0.0457. The van der Waals surface area contributed by atoms with Crippen molar-refractivity contribution < 1.29 is 21.4 Å². The van der Waals surface area contributed by atoms with Gasteiger partial charge in [-0.05, 0) is 29.8 Å². The van der Waals surface area contributed by atoms with Crippen LogP contribution in [0.15, 0.2) is 41.3 Å². The Balaban J connectivity index is 2.28. The van der Waals surface area contributed by atoms with Crippen LogP contribution >= 0.6 is 23.2 Å². The van der Waals surface area contributed by atoms with E-state index in [1.54, 1.807) is 0 Å². The SMILES string of the molecule is Nc1cc(Cl)c(S(=O)(=O)Nc2ccc(CS(=O)(=O)O)cc2)cc1Cl. The summed E-state index contributed by atoms with van der Waals surface area (Å²) in [6.07, 6.45) is 0. The van der Waals surface area contributed by atoms with E-state index in [-0.39, 0.29) is 26.3 Å². The number of anilines is 2. The van der Waals surface area contributed by atoms with Gasteiger partial charge in [-0.2, -0.15) is 8.42 Å². The number of sulfonamides is 1. The van der Waals surface area contributed by atoms with Crippen LogP contribution in [0.25, 0.3) is 0 Å². The van der Waals surface area contributed by atoms with E-state index in [4.69, 9.17) is 33.5 Å². The molecule has 7 nitrogen and oxygen atoms in total. The minimum Gasteiger partial charge on any atom is -0.397 e. The van der Waals surface area contributed by atoms with Crippen molar-refractivity contribution in [3.8, 4) is 0 Å². The van der Waals surface area contributed by atoms with E-state index in [9.17, 15) is 16.8 Å². The molecule has 11 heteroatoms. The fourth-order valence-electron chi connectivity index (χ4n) is 1.84. The van der Waals surface area contributed by atoms with Crippen LogP contribution in [0.3, 0.4) is 0 Å². The maximum Gasteiger partial charge on any atom is 0.269 e. The van der Waals surface area contributed by atoms with Gasteiger partial charge >= 0.3 is 0 Å². The first-order valence-corrected chi connectivity index (χ1v) is 10.1. The lowest BCUT2D eigenvalue weighted by Gasteiger charge is -2.11. The number of benzene rings is 2. The molecule has 0 bridgehead atoms. The molecule has 0 fully saturated rings. The van der Waals surface area contributed by atoms with Crippen molar-refractivity contribution >= 4 is 54.7 Å². The zero-order chi connectivity index (χ0) is 18.1. The molecule has 0 aromatic heterocycles. The highest BCUT2D eigenvalue weighted by molar-refractivity contribution is 7.92. The van der Waals surface area contributed by atoms with E-state index < -0.39 is 25.9 Å². The Kier molecular flexibility index (Phi) is 5.31. The van der Waals surface area contributed by atoms with Gasteiger partial charge in [-0.1, -0.05) is 35.3 Å². The molecule has 24 heavy (non-hydrogen) atoms. The van der Waals surface area contributed by atoms with Gasteiger partial charge in [0.05, 0.1) is 15.7 Å². The number of nitrogens with two attached hydrogens (primary N) is 1. The number of rotatable bonds is 5. The number of halogens is 2. The molecule has 0 heterocycles. The van der Waals surface area contributed by atoms with Crippen molar-refractivity contribution in [2.45, 2.75) is 10.6 Å². The summed E-state index contributed by atoms with van der Waals surface area (Å²) in [6.45, 7) is 0. The summed E-state index contributed by atoms with van der Waals surface area (Å²) < 4.78 is 57.4. The van der Waals surface area contributed by atoms with Crippen LogP contribution in [0, 0.1) is 0 Å². The molecule has 0 spiro atoms. The zero-order valence-corrected chi connectivity index (χ0v) is 15.0. The standard InChI is InChI=1S/C13H12Cl2N2O5S2/c14-10-6-13(11(15)5-12(10)16)24(21,22)17-9-3-1-8(2-4-9)7-23(18,19)20/h1-6,17H,7,16H2,(H,18,19,20). The maximum atomic E-state index is 12.4. The minimum absolute atomic E-state index is 0.0447. The van der Waals surface area contributed by atoms with Gasteiger partial charge < -0.3 is 5.73 Å². The normalized spacial score (nSPS) is 12.1. The first kappa shape index (κ1) is 18.8. The summed E-state index contributed by atoms with van der Waals surface area (Å²) in [6, 6.07) is 7.80. The highest BCUT2D eigenvalue weighted by atomic mass is 35.5. The third-order valence-electron chi connectivity index (χ3n) is 2.90. The molecular weight excluding hydrogens is 399 g/mol. The van der Waals surface area contributed by atoms with Crippen molar-refractivity contribution in [1.82, 2.24) is 0 Å². The van der Waals surface area contributed by atoms with E-state index in [0.717, 1.165) is 6.07 Å². The Morgan fingerprint density at radius 3 is 2.12 bits per heavy atom. The molecule has 0 unspecified atom stereocenters. The maximum absolute atomic E-state index is 12.4. The molecule has 130 valence electrons. The van der Waals surface area contributed by atoms with Crippen molar-refractivity contribution in [3.63, 3.8) is 0 Å². The Hall–Kier alpha value is -1.52. The Bertz CT molecular complexity index is 974. The Morgan fingerprint density at radius 2 is 1.58 bits per heavy atom. The van der Waals surface area contributed by atoms with Gasteiger partial charge in [0, 0.05) is 5.69 Å². The molecule has 0 aliphatic carbocycles. The second-order valence-corrected chi connectivity index (χ2v) is 8.75. The fraction of sp³-hybridized carbons (Fsp3) is 0.0769. The lowest BCUT2D eigenvalue weighted by Crippen LogP contribution is -2.14. The fourth-order valence-corrected chi connectivity index (χ4v) is 4.30. The first-order valence-electron chi connectivity index (χ1n) is 6.29. The highest BCUT2D eigenvalue weighted by Crippen LogP contribution is 2.31. The molecule has 0 radical (unpaired) electrons. The molecule has 0 aliphatic heterocycles. The third-order valence-corrected chi connectivity index (χ3v) is 5.77. The minimum atomic E-state index is -4.17. The molecule has 0 atom stereocenters. The highest BCUT2D eigenvalue weighted by Gasteiger charge is 2.20. The number of nitrogens with one attached hydrogen (secondary N) is 1. The van der Waals surface area contributed by atoms with Gasteiger partial charge in [0.15, 0.2) is 0 Å². The van der Waals surface area contributed by atoms with Crippen LogP contribution in [0.1, 0.15) is 5.56 Å². The van der Waals surface area contributed by atoms with Crippen molar-refractivity contribution in [3.05, 3.63) is 52.0 Å². The van der Waals surface area contributed by atoms with Crippen LogP contribution < -0.4 is 10.5 Å². The monoisotopic (exact) mass is 410 g/mol. The summed E-state index contributed by atoms with van der Waals surface area (Å²) in [4.78, 5) is -0.245. The van der Waals surface area contributed by atoms with E-state index >= 15 is 0 Å². The van der Waals surface area contributed by atoms with Crippen LogP contribution in [-0.2, 0) is 25.9 Å². The van der Waals surface area contributed by atoms with E-state index in [2.05, 4.69) is 4.72 Å². The predicted molar refractivity (Wildman–Crippen MR) is 93.4 cm³/mol. The van der Waals surface area contributed by atoms with Crippen LogP contribution in [0.4, 0.5) is 11.4 Å². The van der Waals surface area contributed by atoms with Crippen LogP contribution in [0.5, 0.6) is 0 Å². The molecule has 2 aromatic carbocycles. The van der Waals surface area contributed by atoms with E-state index in [0.29, 0.717) is 5.56 Å². The first-order chi connectivity index (χ1) is 11.0. The molecule has 2 rings (SSSR count). The van der Waals surface area contributed by atoms with Gasteiger partial charge in [-0.25, -0.2) is 8.42 Å². The van der Waals surface area contributed by atoms with Crippen molar-refractivity contribution in [2.24, 2.45) is 0 Å². The average Bonchev–Trinajstić information content (AvgIpc) is 2.43. The van der Waals surface area contributed by atoms with Gasteiger partial charge in [0.1, 0.15) is 10.6 Å². The summed E-state index contributed by atoms with van der Waals surface area (Å²) in [5.74, 6) is -0.570. The van der Waals surface area contributed by atoms with Crippen molar-refractivity contribution in [1.29, 1.82) is 0 Å². The molecule has 0 aliphatic rings. The molecule has 0 saturated carbocycles. The van der Waals surface area contributed by atoms with Gasteiger partial charge in [-0.15, -0.1) is 0 Å². The van der Waals surface area contributed by atoms with E-state index in [1.165, 1.54) is 30.3 Å². The topological polar surface area (TPSA) is 127 Å². The number of nitrogen functional groups attached to an aromatic ring is 1. The third kappa shape index (κ3) is 4.74. The Morgan fingerprint density at radius 1 is 1.00 bits per heavy atom. The van der Waals surface area contributed by atoms with Crippen molar-refractivity contribution in [2.75, 3.05) is 10.5 Å². The molecule has 2 aromatic rings. The second-order valence-electron chi connectivity index (χ2n) is 4.83. The van der Waals surface area contributed by atoms with E-state index in [1.807, 2.05) is 0 Å².